The zero-order valence-corrected chi connectivity index (χ0v) is 12.4. The van der Waals surface area contributed by atoms with E-state index in [0.29, 0.717) is 12.1 Å². The molecule has 0 spiro atoms. The Morgan fingerprint density at radius 3 is 2.72 bits per heavy atom. The molecule has 1 N–H and O–H groups in total. The fraction of sp³-hybridized carbons (Fsp3) is 1.00. The van der Waals surface area contributed by atoms with Crippen LogP contribution in [0.25, 0.3) is 0 Å². The minimum Gasteiger partial charge on any atom is -0.313 e. The first kappa shape index (κ1) is 15.9. The molecule has 18 heavy (non-hydrogen) atoms. The van der Waals surface area contributed by atoms with Crippen molar-refractivity contribution in [1.29, 1.82) is 0 Å². The molecule has 1 heterocycles. The van der Waals surface area contributed by atoms with Gasteiger partial charge in [0.2, 0.25) is 0 Å². The van der Waals surface area contributed by atoms with Gasteiger partial charge in [-0.3, -0.25) is 9.29 Å². The fourth-order valence-corrected chi connectivity index (χ4v) is 2.83. The van der Waals surface area contributed by atoms with E-state index in [2.05, 4.69) is 31.0 Å². The van der Waals surface area contributed by atoms with Gasteiger partial charge in [0, 0.05) is 18.6 Å². The SMILES string of the molecule is CC(C)CC1CN(CCCCCF)C(C)CCN1. The second-order valence-corrected chi connectivity index (χ2v) is 6.16. The predicted octanol–water partition coefficient (Wildman–Crippen LogP) is 3.22. The van der Waals surface area contributed by atoms with Crippen molar-refractivity contribution in [2.24, 2.45) is 5.92 Å². The Morgan fingerprint density at radius 2 is 2.06 bits per heavy atom. The third-order valence-corrected chi connectivity index (χ3v) is 3.91. The van der Waals surface area contributed by atoms with Gasteiger partial charge in [-0.2, -0.15) is 0 Å². The maximum atomic E-state index is 12.1. The molecule has 0 radical (unpaired) electrons. The number of nitrogens with one attached hydrogen (secondary N) is 1. The van der Waals surface area contributed by atoms with E-state index in [4.69, 9.17) is 0 Å². The van der Waals surface area contributed by atoms with E-state index in [1.54, 1.807) is 0 Å². The summed E-state index contributed by atoms with van der Waals surface area (Å²) in [4.78, 5) is 2.60. The molecule has 1 fully saturated rings. The van der Waals surface area contributed by atoms with Crippen molar-refractivity contribution in [3.63, 3.8) is 0 Å². The maximum absolute atomic E-state index is 12.1. The van der Waals surface area contributed by atoms with Crippen LogP contribution >= 0.6 is 0 Å². The maximum Gasteiger partial charge on any atom is 0.0894 e. The van der Waals surface area contributed by atoms with Gasteiger partial charge in [0.05, 0.1) is 6.67 Å². The minimum atomic E-state index is -0.160. The lowest BCUT2D eigenvalue weighted by molar-refractivity contribution is 0.193. The first-order valence-corrected chi connectivity index (χ1v) is 7.67. The number of hydrogen-bond donors (Lipinski definition) is 1. The second-order valence-electron chi connectivity index (χ2n) is 6.16. The lowest BCUT2D eigenvalue weighted by Gasteiger charge is -2.29. The fourth-order valence-electron chi connectivity index (χ4n) is 2.83. The van der Waals surface area contributed by atoms with Gasteiger partial charge in [0.15, 0.2) is 0 Å². The summed E-state index contributed by atoms with van der Waals surface area (Å²) < 4.78 is 12.1. The smallest absolute Gasteiger partial charge is 0.0894 e. The van der Waals surface area contributed by atoms with Crippen molar-refractivity contribution in [3.05, 3.63) is 0 Å². The molecular weight excluding hydrogens is 227 g/mol. The highest BCUT2D eigenvalue weighted by atomic mass is 19.1. The summed E-state index contributed by atoms with van der Waals surface area (Å²) >= 11 is 0. The van der Waals surface area contributed by atoms with E-state index < -0.39 is 0 Å². The van der Waals surface area contributed by atoms with Gasteiger partial charge in [0.25, 0.3) is 0 Å². The Hall–Kier alpha value is -0.150. The molecule has 2 nitrogen and oxygen atoms in total. The third-order valence-electron chi connectivity index (χ3n) is 3.91. The highest BCUT2D eigenvalue weighted by Gasteiger charge is 2.22. The Morgan fingerprint density at radius 1 is 1.28 bits per heavy atom. The molecule has 0 saturated carbocycles. The van der Waals surface area contributed by atoms with E-state index in [0.717, 1.165) is 44.8 Å². The second kappa shape index (κ2) is 8.87. The van der Waals surface area contributed by atoms with Gasteiger partial charge >= 0.3 is 0 Å². The Kier molecular flexibility index (Phi) is 7.84. The van der Waals surface area contributed by atoms with Crippen LogP contribution in [0.2, 0.25) is 0 Å². The zero-order chi connectivity index (χ0) is 13.4. The molecule has 1 aliphatic heterocycles. The molecule has 2 unspecified atom stereocenters. The number of rotatable bonds is 7. The molecule has 0 amide bonds. The first-order chi connectivity index (χ1) is 8.63. The molecule has 1 aliphatic rings. The first-order valence-electron chi connectivity index (χ1n) is 7.67. The molecule has 0 aromatic rings. The average molecular weight is 258 g/mol. The van der Waals surface area contributed by atoms with Crippen molar-refractivity contribution in [1.82, 2.24) is 10.2 Å². The number of alkyl halides is 1. The molecule has 108 valence electrons. The van der Waals surface area contributed by atoms with E-state index in [1.807, 2.05) is 0 Å². The van der Waals surface area contributed by atoms with Crippen LogP contribution in [-0.2, 0) is 0 Å². The monoisotopic (exact) mass is 258 g/mol. The minimum absolute atomic E-state index is 0.160. The van der Waals surface area contributed by atoms with Crippen molar-refractivity contribution in [3.8, 4) is 0 Å². The Bertz CT molecular complexity index is 209. The largest absolute Gasteiger partial charge is 0.313 e. The predicted molar refractivity (Wildman–Crippen MR) is 76.7 cm³/mol. The molecular formula is C15H31FN2. The third kappa shape index (κ3) is 6.14. The van der Waals surface area contributed by atoms with Crippen LogP contribution in [0.15, 0.2) is 0 Å². The quantitative estimate of drug-likeness (QED) is 0.705. The molecule has 0 bridgehead atoms. The average Bonchev–Trinajstić information content (AvgIpc) is 2.47. The lowest BCUT2D eigenvalue weighted by atomic mass is 10.0. The van der Waals surface area contributed by atoms with E-state index in [-0.39, 0.29) is 6.67 Å². The van der Waals surface area contributed by atoms with E-state index >= 15 is 0 Å². The highest BCUT2D eigenvalue weighted by Crippen LogP contribution is 2.15. The Labute approximate surface area is 112 Å². The summed E-state index contributed by atoms with van der Waals surface area (Å²) in [5, 5.41) is 3.67. The summed E-state index contributed by atoms with van der Waals surface area (Å²) in [5.41, 5.74) is 0. The van der Waals surface area contributed by atoms with Crippen LogP contribution in [0.5, 0.6) is 0 Å². The normalized spacial score (nSPS) is 26.5. The van der Waals surface area contributed by atoms with Gasteiger partial charge in [0.1, 0.15) is 0 Å². The topological polar surface area (TPSA) is 15.3 Å². The lowest BCUT2D eigenvalue weighted by Crippen LogP contribution is -2.41. The van der Waals surface area contributed by atoms with Crippen molar-refractivity contribution in [2.75, 3.05) is 26.3 Å². The summed E-state index contributed by atoms with van der Waals surface area (Å²) in [6.07, 6.45) is 5.39. The van der Waals surface area contributed by atoms with Crippen molar-refractivity contribution in [2.45, 2.75) is 65.0 Å². The molecule has 3 heteroatoms. The van der Waals surface area contributed by atoms with Crippen LogP contribution in [0.4, 0.5) is 4.39 Å². The van der Waals surface area contributed by atoms with Gasteiger partial charge in [-0.05, 0) is 58.0 Å². The summed E-state index contributed by atoms with van der Waals surface area (Å²) in [5.74, 6) is 0.754. The van der Waals surface area contributed by atoms with Crippen molar-refractivity contribution >= 4 is 0 Å². The van der Waals surface area contributed by atoms with Crippen LogP contribution in [-0.4, -0.2) is 43.3 Å². The van der Waals surface area contributed by atoms with E-state index in [1.165, 1.54) is 12.8 Å². The van der Waals surface area contributed by atoms with Crippen LogP contribution < -0.4 is 5.32 Å². The molecule has 0 aromatic carbocycles. The summed E-state index contributed by atoms with van der Waals surface area (Å²) in [7, 11) is 0. The number of unbranched alkanes of at least 4 members (excludes halogenated alkanes) is 2. The molecule has 1 rings (SSSR count). The standard InChI is InChI=1S/C15H31FN2/c1-13(2)11-15-12-18(10-6-4-5-8-16)14(3)7-9-17-15/h13-15,17H,4-12H2,1-3H3. The van der Waals surface area contributed by atoms with Crippen LogP contribution in [0, 0.1) is 5.92 Å². The van der Waals surface area contributed by atoms with Crippen molar-refractivity contribution < 1.29 is 4.39 Å². The molecule has 0 aromatic heterocycles. The molecule has 0 aliphatic carbocycles. The number of halogens is 1. The van der Waals surface area contributed by atoms with Gasteiger partial charge in [-0.25, -0.2) is 0 Å². The molecule has 1 saturated heterocycles. The van der Waals surface area contributed by atoms with Gasteiger partial charge in [-0.15, -0.1) is 0 Å². The van der Waals surface area contributed by atoms with Gasteiger partial charge in [-0.1, -0.05) is 13.8 Å². The number of nitrogens with zero attached hydrogens (tertiary/aromatic N) is 1. The summed E-state index contributed by atoms with van der Waals surface area (Å²) in [6, 6.07) is 1.30. The van der Waals surface area contributed by atoms with E-state index in [9.17, 15) is 4.39 Å². The van der Waals surface area contributed by atoms with Crippen LogP contribution in [0.1, 0.15) is 52.9 Å². The Balaban J connectivity index is 2.36. The summed E-state index contributed by atoms with van der Waals surface area (Å²) in [6.45, 7) is 10.2. The van der Waals surface area contributed by atoms with Crippen LogP contribution in [0.3, 0.4) is 0 Å². The number of hydrogen-bond acceptors (Lipinski definition) is 2. The molecule has 2 atom stereocenters. The highest BCUT2D eigenvalue weighted by molar-refractivity contribution is 4.81. The van der Waals surface area contributed by atoms with Gasteiger partial charge < -0.3 is 5.32 Å². The zero-order valence-electron chi connectivity index (χ0n) is 12.4.